The fourth-order valence-corrected chi connectivity index (χ4v) is 2.40. The molecule has 0 saturated heterocycles. The number of hydrogen-bond acceptors (Lipinski definition) is 7. The van der Waals surface area contributed by atoms with E-state index in [1.165, 1.54) is 37.3 Å². The van der Waals surface area contributed by atoms with Crippen molar-refractivity contribution in [3.05, 3.63) is 63.1 Å². The molecule has 0 aliphatic rings. The summed E-state index contributed by atoms with van der Waals surface area (Å²) in [4.78, 5) is 50.7. The number of H-pyrrole nitrogens is 2. The van der Waals surface area contributed by atoms with E-state index in [1.54, 1.807) is 12.1 Å². The number of ketones is 1. The number of non-ortho nitro benzene ring substituents is 1. The molecule has 0 bridgehead atoms. The minimum atomic E-state index is -1.39. The van der Waals surface area contributed by atoms with Crippen LogP contribution in [0.15, 0.2) is 57.5 Å². The first-order valence-corrected chi connectivity index (χ1v) is 8.02. The van der Waals surface area contributed by atoms with Crippen LogP contribution in [0.3, 0.4) is 0 Å². The fourth-order valence-electron chi connectivity index (χ4n) is 2.40. The number of aromatic amines is 2. The molecule has 1 amide bonds. The molecule has 0 fully saturated rings. The van der Waals surface area contributed by atoms with Gasteiger partial charge in [0.15, 0.2) is 5.78 Å². The maximum absolute atomic E-state index is 12.4. The van der Waals surface area contributed by atoms with Crippen molar-refractivity contribution in [2.24, 2.45) is 10.2 Å². The van der Waals surface area contributed by atoms with Crippen LogP contribution in [0.2, 0.25) is 0 Å². The van der Waals surface area contributed by atoms with Gasteiger partial charge in [-0.2, -0.15) is 10.2 Å². The lowest BCUT2D eigenvalue weighted by molar-refractivity contribution is -0.384. The van der Waals surface area contributed by atoms with E-state index in [9.17, 15) is 24.5 Å². The molecular formula is C17H14N6O5. The van der Waals surface area contributed by atoms with Crippen molar-refractivity contribution >= 4 is 39.8 Å². The Hall–Kier alpha value is -4.15. The second-order valence-corrected chi connectivity index (χ2v) is 5.83. The van der Waals surface area contributed by atoms with E-state index < -0.39 is 22.7 Å². The molecule has 0 radical (unpaired) electrons. The number of hydrogen-bond donors (Lipinski definition) is 3. The van der Waals surface area contributed by atoms with Gasteiger partial charge >= 0.3 is 5.69 Å². The van der Waals surface area contributed by atoms with Crippen LogP contribution in [-0.4, -0.2) is 32.6 Å². The van der Waals surface area contributed by atoms with E-state index in [-0.39, 0.29) is 17.1 Å². The van der Waals surface area contributed by atoms with Crippen LogP contribution in [0.5, 0.6) is 0 Å². The maximum Gasteiger partial charge on any atom is 0.323 e. The fraction of sp³-hybridized carbons (Fsp3) is 0.118. The lowest BCUT2D eigenvalue weighted by atomic mass is 10.2. The Labute approximate surface area is 156 Å². The van der Waals surface area contributed by atoms with E-state index in [2.05, 4.69) is 25.5 Å². The first kappa shape index (κ1) is 18.6. The van der Waals surface area contributed by atoms with Crippen LogP contribution in [0.4, 0.5) is 17.1 Å². The zero-order valence-electron chi connectivity index (χ0n) is 14.5. The summed E-state index contributed by atoms with van der Waals surface area (Å²) in [5.41, 5.74) is 1.20. The maximum atomic E-state index is 12.4. The predicted octanol–water partition coefficient (Wildman–Crippen LogP) is 2.44. The van der Waals surface area contributed by atoms with Crippen LogP contribution in [0.1, 0.15) is 6.92 Å². The molecular weight excluding hydrogens is 368 g/mol. The zero-order chi connectivity index (χ0) is 20.3. The molecule has 0 aliphatic heterocycles. The summed E-state index contributed by atoms with van der Waals surface area (Å²) in [6, 6.07) is 8.50. The van der Waals surface area contributed by atoms with Crippen molar-refractivity contribution in [1.29, 1.82) is 0 Å². The number of carbonyl (C=O) groups is 2. The van der Waals surface area contributed by atoms with Gasteiger partial charge in [-0.05, 0) is 37.3 Å². The first-order chi connectivity index (χ1) is 13.3. The highest BCUT2D eigenvalue weighted by atomic mass is 16.6. The average molecular weight is 382 g/mol. The molecule has 1 aromatic heterocycles. The Kier molecular flexibility index (Phi) is 5.07. The number of nitro groups is 1. The van der Waals surface area contributed by atoms with Gasteiger partial charge in [-0.3, -0.25) is 19.7 Å². The minimum Gasteiger partial charge on any atom is -0.324 e. The van der Waals surface area contributed by atoms with Crippen molar-refractivity contribution in [3.8, 4) is 0 Å². The third kappa shape index (κ3) is 4.15. The number of nitrogens with one attached hydrogen (secondary N) is 3. The molecule has 3 rings (SSSR count). The van der Waals surface area contributed by atoms with Gasteiger partial charge in [0.05, 0.1) is 21.6 Å². The van der Waals surface area contributed by atoms with Crippen LogP contribution >= 0.6 is 0 Å². The van der Waals surface area contributed by atoms with E-state index in [1.807, 2.05) is 0 Å². The third-order valence-corrected chi connectivity index (χ3v) is 3.77. The average Bonchev–Trinajstić information content (AvgIpc) is 3.01. The molecule has 3 N–H and O–H groups in total. The molecule has 1 heterocycles. The van der Waals surface area contributed by atoms with Crippen LogP contribution in [0.25, 0.3) is 11.0 Å². The Balaban J connectivity index is 1.76. The van der Waals surface area contributed by atoms with Gasteiger partial charge in [0.25, 0.3) is 11.6 Å². The molecule has 2 aromatic carbocycles. The largest absolute Gasteiger partial charge is 0.324 e. The van der Waals surface area contributed by atoms with Crippen LogP contribution < -0.4 is 11.0 Å². The highest BCUT2D eigenvalue weighted by molar-refractivity contribution is 6.10. The summed E-state index contributed by atoms with van der Waals surface area (Å²) in [6.45, 7) is 1.20. The van der Waals surface area contributed by atoms with Gasteiger partial charge in [-0.15, -0.1) is 0 Å². The number of nitrogens with zero attached hydrogens (tertiary/aromatic N) is 3. The highest BCUT2D eigenvalue weighted by Crippen LogP contribution is 2.19. The molecule has 11 nitrogen and oxygen atoms in total. The summed E-state index contributed by atoms with van der Waals surface area (Å²) in [7, 11) is 0. The number of carbonyl (C=O) groups excluding carboxylic acids is 2. The summed E-state index contributed by atoms with van der Waals surface area (Å²) < 4.78 is 0. The molecule has 3 aromatic rings. The molecule has 0 unspecified atom stereocenters. The van der Waals surface area contributed by atoms with Crippen molar-refractivity contribution in [2.75, 3.05) is 5.32 Å². The number of rotatable bonds is 6. The van der Waals surface area contributed by atoms with Gasteiger partial charge in [0.2, 0.25) is 6.04 Å². The number of aromatic nitrogens is 2. The Bertz CT molecular complexity index is 1140. The number of benzene rings is 2. The molecule has 0 spiro atoms. The lowest BCUT2D eigenvalue weighted by Crippen LogP contribution is -2.31. The molecule has 11 heteroatoms. The molecule has 142 valence electrons. The molecule has 1 atom stereocenters. The number of anilines is 1. The van der Waals surface area contributed by atoms with Gasteiger partial charge in [0, 0.05) is 17.8 Å². The van der Waals surface area contributed by atoms with Crippen LogP contribution in [-0.2, 0) is 9.59 Å². The quantitative estimate of drug-likeness (QED) is 0.258. The molecule has 0 aliphatic carbocycles. The standard InChI is InChI=1S/C17H14N6O5/c1-9(24)15(22-21-10-2-5-12(6-3-10)23(27)28)16(25)18-11-4-7-13-14(8-11)20-17(26)19-13/h2-8,15H,1H3,(H,18,25)(H2,19,20,26)/t15-/m0/s1. The van der Waals surface area contributed by atoms with Gasteiger partial charge in [-0.25, -0.2) is 4.79 Å². The first-order valence-electron chi connectivity index (χ1n) is 8.02. The van der Waals surface area contributed by atoms with E-state index >= 15 is 0 Å². The van der Waals surface area contributed by atoms with Gasteiger partial charge in [0.1, 0.15) is 0 Å². The summed E-state index contributed by atoms with van der Waals surface area (Å²) in [6.07, 6.45) is 0. The van der Waals surface area contributed by atoms with E-state index in [0.717, 1.165) is 0 Å². The van der Waals surface area contributed by atoms with Crippen molar-refractivity contribution in [2.45, 2.75) is 13.0 Å². The van der Waals surface area contributed by atoms with Crippen molar-refractivity contribution in [3.63, 3.8) is 0 Å². The number of Topliss-reactive ketones (excluding diaryl/α,β-unsaturated/α-hetero) is 1. The second-order valence-electron chi connectivity index (χ2n) is 5.83. The number of amides is 1. The summed E-state index contributed by atoms with van der Waals surface area (Å²) >= 11 is 0. The zero-order valence-corrected chi connectivity index (χ0v) is 14.5. The van der Waals surface area contributed by atoms with Crippen molar-refractivity contribution < 1.29 is 14.5 Å². The van der Waals surface area contributed by atoms with E-state index in [4.69, 9.17) is 0 Å². The van der Waals surface area contributed by atoms with Crippen LogP contribution in [0, 0.1) is 10.1 Å². The lowest BCUT2D eigenvalue weighted by Gasteiger charge is -2.09. The molecule has 0 saturated carbocycles. The van der Waals surface area contributed by atoms with Crippen molar-refractivity contribution in [1.82, 2.24) is 9.97 Å². The Morgan fingerprint density at radius 3 is 2.43 bits per heavy atom. The third-order valence-electron chi connectivity index (χ3n) is 3.77. The highest BCUT2D eigenvalue weighted by Gasteiger charge is 2.23. The number of azo groups is 1. The van der Waals surface area contributed by atoms with Gasteiger partial charge < -0.3 is 15.3 Å². The predicted molar refractivity (Wildman–Crippen MR) is 99.6 cm³/mol. The minimum absolute atomic E-state index is 0.113. The number of fused-ring (bicyclic) bond motifs is 1. The molecule has 28 heavy (non-hydrogen) atoms. The normalized spacial score (nSPS) is 12.2. The number of imidazole rings is 1. The topological polar surface area (TPSA) is 163 Å². The Morgan fingerprint density at radius 1 is 1.11 bits per heavy atom. The smallest absolute Gasteiger partial charge is 0.323 e. The SMILES string of the molecule is CC(=O)[C@H](N=Nc1ccc([N+](=O)[O-])cc1)C(=O)Nc1ccc2[nH]c(=O)[nH]c2c1. The second kappa shape index (κ2) is 7.61. The van der Waals surface area contributed by atoms with Gasteiger partial charge in [-0.1, -0.05) is 0 Å². The monoisotopic (exact) mass is 382 g/mol. The summed E-state index contributed by atoms with van der Waals surface area (Å²) in [5.74, 6) is -1.23. The Morgan fingerprint density at radius 2 is 1.79 bits per heavy atom. The summed E-state index contributed by atoms with van der Waals surface area (Å²) in [5, 5.41) is 20.8. The number of nitro benzene ring substituents is 1. The van der Waals surface area contributed by atoms with E-state index in [0.29, 0.717) is 16.7 Å².